The Morgan fingerprint density at radius 3 is 2.44 bits per heavy atom. The smallest absolute Gasteiger partial charge is 0.398 e. The SMILES string of the molecule is CC(CNc1ccc(N)c(C(F)(F)F)c1)N(C)C. The van der Waals surface area contributed by atoms with Gasteiger partial charge in [-0.15, -0.1) is 0 Å². The van der Waals surface area contributed by atoms with Crippen LogP contribution in [-0.2, 0) is 6.18 Å². The van der Waals surface area contributed by atoms with Crippen LogP contribution in [0.3, 0.4) is 0 Å². The van der Waals surface area contributed by atoms with E-state index in [9.17, 15) is 13.2 Å². The summed E-state index contributed by atoms with van der Waals surface area (Å²) in [6.07, 6.45) is -4.42. The van der Waals surface area contributed by atoms with Gasteiger partial charge in [-0.3, -0.25) is 0 Å². The lowest BCUT2D eigenvalue weighted by Gasteiger charge is -2.21. The number of nitrogens with two attached hydrogens (primary N) is 1. The highest BCUT2D eigenvalue weighted by molar-refractivity contribution is 5.58. The second kappa shape index (κ2) is 5.48. The molecule has 0 aliphatic heterocycles. The van der Waals surface area contributed by atoms with Crippen molar-refractivity contribution in [3.63, 3.8) is 0 Å². The number of hydrogen-bond acceptors (Lipinski definition) is 3. The fourth-order valence-corrected chi connectivity index (χ4v) is 1.36. The van der Waals surface area contributed by atoms with Gasteiger partial charge >= 0.3 is 6.18 Å². The lowest BCUT2D eigenvalue weighted by atomic mass is 10.1. The van der Waals surface area contributed by atoms with Gasteiger partial charge in [0.2, 0.25) is 0 Å². The lowest BCUT2D eigenvalue weighted by molar-refractivity contribution is -0.136. The maximum Gasteiger partial charge on any atom is 0.418 e. The molecule has 0 aliphatic rings. The summed E-state index contributed by atoms with van der Waals surface area (Å²) in [7, 11) is 3.83. The molecule has 3 nitrogen and oxygen atoms in total. The van der Waals surface area contributed by atoms with Gasteiger partial charge < -0.3 is 16.0 Å². The molecule has 1 aromatic carbocycles. The summed E-state index contributed by atoms with van der Waals surface area (Å²) in [5.74, 6) is 0. The Labute approximate surface area is 105 Å². The summed E-state index contributed by atoms with van der Waals surface area (Å²) >= 11 is 0. The average Bonchev–Trinajstić information content (AvgIpc) is 2.25. The van der Waals surface area contributed by atoms with E-state index in [-0.39, 0.29) is 11.7 Å². The molecule has 0 saturated heterocycles. The number of rotatable bonds is 4. The molecule has 0 spiro atoms. The van der Waals surface area contributed by atoms with Crippen molar-refractivity contribution in [2.24, 2.45) is 0 Å². The Morgan fingerprint density at radius 2 is 1.94 bits per heavy atom. The summed E-state index contributed by atoms with van der Waals surface area (Å²) in [5, 5.41) is 2.97. The van der Waals surface area contributed by atoms with Crippen LogP contribution in [0.4, 0.5) is 24.5 Å². The lowest BCUT2D eigenvalue weighted by Crippen LogP contribution is -2.31. The molecule has 1 rings (SSSR count). The normalized spacial score (nSPS) is 13.7. The first-order valence-corrected chi connectivity index (χ1v) is 5.59. The predicted octanol–water partition coefficient (Wildman–Crippen LogP) is 2.65. The third kappa shape index (κ3) is 3.80. The number of hydrogen-bond donors (Lipinski definition) is 2. The molecule has 18 heavy (non-hydrogen) atoms. The van der Waals surface area contributed by atoms with Crippen molar-refractivity contribution in [2.75, 3.05) is 31.7 Å². The first-order chi connectivity index (χ1) is 8.21. The number of nitrogens with one attached hydrogen (secondary N) is 1. The van der Waals surface area contributed by atoms with Crippen molar-refractivity contribution in [3.8, 4) is 0 Å². The van der Waals surface area contributed by atoms with E-state index in [0.717, 1.165) is 6.07 Å². The zero-order chi connectivity index (χ0) is 13.9. The Morgan fingerprint density at radius 1 is 1.33 bits per heavy atom. The van der Waals surface area contributed by atoms with E-state index in [1.54, 1.807) is 6.07 Å². The van der Waals surface area contributed by atoms with Crippen LogP contribution in [-0.4, -0.2) is 31.6 Å². The molecule has 0 saturated carbocycles. The van der Waals surface area contributed by atoms with Gasteiger partial charge in [0.1, 0.15) is 0 Å². The minimum Gasteiger partial charge on any atom is -0.398 e. The van der Waals surface area contributed by atoms with Gasteiger partial charge in [-0.2, -0.15) is 13.2 Å². The summed E-state index contributed by atoms with van der Waals surface area (Å²) in [6, 6.07) is 4.08. The van der Waals surface area contributed by atoms with Crippen LogP contribution >= 0.6 is 0 Å². The van der Waals surface area contributed by atoms with E-state index in [4.69, 9.17) is 5.73 Å². The zero-order valence-electron chi connectivity index (χ0n) is 10.7. The van der Waals surface area contributed by atoms with Crippen LogP contribution in [0.2, 0.25) is 0 Å². The van der Waals surface area contributed by atoms with Crippen LogP contribution in [0, 0.1) is 0 Å². The Hall–Kier alpha value is -1.43. The molecule has 0 radical (unpaired) electrons. The van der Waals surface area contributed by atoms with Crippen LogP contribution in [0.5, 0.6) is 0 Å². The quantitative estimate of drug-likeness (QED) is 0.819. The second-order valence-corrected chi connectivity index (χ2v) is 4.49. The summed E-state index contributed by atoms with van der Waals surface area (Å²) in [6.45, 7) is 2.54. The maximum absolute atomic E-state index is 12.6. The van der Waals surface area contributed by atoms with Crippen molar-refractivity contribution in [2.45, 2.75) is 19.1 Å². The maximum atomic E-state index is 12.6. The average molecular weight is 261 g/mol. The Kier molecular flexibility index (Phi) is 4.45. The van der Waals surface area contributed by atoms with Crippen LogP contribution in [0.15, 0.2) is 18.2 Å². The molecule has 0 fully saturated rings. The third-order valence-corrected chi connectivity index (χ3v) is 2.84. The fraction of sp³-hybridized carbons (Fsp3) is 0.500. The number of nitrogens with zero attached hydrogens (tertiary/aromatic N) is 1. The van der Waals surface area contributed by atoms with Crippen LogP contribution in [0.1, 0.15) is 12.5 Å². The van der Waals surface area contributed by atoms with E-state index in [2.05, 4.69) is 5.32 Å². The topological polar surface area (TPSA) is 41.3 Å². The van der Waals surface area contributed by atoms with Crippen molar-refractivity contribution in [1.82, 2.24) is 4.90 Å². The fourth-order valence-electron chi connectivity index (χ4n) is 1.36. The second-order valence-electron chi connectivity index (χ2n) is 4.49. The standard InChI is InChI=1S/C12H18F3N3/c1-8(18(2)3)7-17-9-4-5-11(16)10(6-9)12(13,14)15/h4-6,8,17H,7,16H2,1-3H3. The van der Waals surface area contributed by atoms with Gasteiger partial charge in [0.15, 0.2) is 0 Å². The molecule has 6 heteroatoms. The van der Waals surface area contributed by atoms with Gasteiger partial charge in [0, 0.05) is 24.0 Å². The number of benzene rings is 1. The van der Waals surface area contributed by atoms with Crippen molar-refractivity contribution >= 4 is 11.4 Å². The van der Waals surface area contributed by atoms with Gasteiger partial charge in [-0.1, -0.05) is 0 Å². The van der Waals surface area contributed by atoms with E-state index in [0.29, 0.717) is 12.2 Å². The van der Waals surface area contributed by atoms with Gasteiger partial charge in [0.05, 0.1) is 5.56 Å². The molecule has 0 bridgehead atoms. The summed E-state index contributed by atoms with van der Waals surface area (Å²) < 4.78 is 37.9. The molecule has 0 aromatic heterocycles. The minimum absolute atomic E-state index is 0.219. The van der Waals surface area contributed by atoms with Gasteiger partial charge in [0.25, 0.3) is 0 Å². The molecule has 1 aromatic rings. The molecule has 102 valence electrons. The summed E-state index contributed by atoms with van der Waals surface area (Å²) in [5.41, 5.74) is 4.69. The molecule has 3 N–H and O–H groups in total. The van der Waals surface area contributed by atoms with Crippen molar-refractivity contribution in [3.05, 3.63) is 23.8 Å². The Bertz CT molecular complexity index is 402. The molecule has 1 atom stereocenters. The highest BCUT2D eigenvalue weighted by Gasteiger charge is 2.33. The monoisotopic (exact) mass is 261 g/mol. The number of alkyl halides is 3. The predicted molar refractivity (Wildman–Crippen MR) is 67.5 cm³/mol. The third-order valence-electron chi connectivity index (χ3n) is 2.84. The molecule has 0 amide bonds. The highest BCUT2D eigenvalue weighted by atomic mass is 19.4. The molecular formula is C12H18F3N3. The zero-order valence-corrected chi connectivity index (χ0v) is 10.7. The number of nitrogen functional groups attached to an aromatic ring is 1. The minimum atomic E-state index is -4.42. The van der Waals surface area contributed by atoms with E-state index in [1.807, 2.05) is 25.9 Å². The van der Waals surface area contributed by atoms with Crippen molar-refractivity contribution in [1.29, 1.82) is 0 Å². The molecule has 0 aliphatic carbocycles. The first-order valence-electron chi connectivity index (χ1n) is 5.59. The van der Waals surface area contributed by atoms with Gasteiger partial charge in [-0.05, 0) is 39.2 Å². The van der Waals surface area contributed by atoms with E-state index >= 15 is 0 Å². The van der Waals surface area contributed by atoms with E-state index < -0.39 is 11.7 Å². The highest BCUT2D eigenvalue weighted by Crippen LogP contribution is 2.35. The van der Waals surface area contributed by atoms with Crippen LogP contribution < -0.4 is 11.1 Å². The number of likely N-dealkylation sites (N-methyl/N-ethyl adjacent to an activating group) is 1. The largest absolute Gasteiger partial charge is 0.418 e. The van der Waals surface area contributed by atoms with Crippen molar-refractivity contribution < 1.29 is 13.2 Å². The number of halogens is 3. The number of anilines is 2. The van der Waals surface area contributed by atoms with Crippen LogP contribution in [0.25, 0.3) is 0 Å². The Balaban J connectivity index is 2.80. The molecule has 1 unspecified atom stereocenters. The molecule has 0 heterocycles. The van der Waals surface area contributed by atoms with Gasteiger partial charge in [-0.25, -0.2) is 0 Å². The molecular weight excluding hydrogens is 243 g/mol. The first kappa shape index (κ1) is 14.6. The summed E-state index contributed by atoms with van der Waals surface area (Å²) in [4.78, 5) is 1.98. The van der Waals surface area contributed by atoms with E-state index in [1.165, 1.54) is 6.07 Å².